The van der Waals surface area contributed by atoms with E-state index in [2.05, 4.69) is 12.2 Å². The van der Waals surface area contributed by atoms with Crippen molar-refractivity contribution < 1.29 is 18.8 Å². The molecule has 1 aromatic rings. The maximum atomic E-state index is 13.0. The van der Waals surface area contributed by atoms with Crippen LogP contribution in [-0.4, -0.2) is 49.1 Å². The first-order chi connectivity index (χ1) is 11.8. The van der Waals surface area contributed by atoms with Crippen molar-refractivity contribution in [3.05, 3.63) is 28.3 Å². The fourth-order valence-electron chi connectivity index (χ4n) is 3.78. The van der Waals surface area contributed by atoms with Gasteiger partial charge in [-0.25, -0.2) is 4.79 Å². The van der Waals surface area contributed by atoms with E-state index in [1.54, 1.807) is 6.07 Å². The lowest BCUT2D eigenvalue weighted by atomic mass is 10.0. The molecule has 1 aliphatic heterocycles. The van der Waals surface area contributed by atoms with Gasteiger partial charge in [0.2, 0.25) is 0 Å². The zero-order chi connectivity index (χ0) is 18.6. The molecule has 1 fully saturated rings. The summed E-state index contributed by atoms with van der Waals surface area (Å²) in [5.74, 6) is -0.578. The predicted molar refractivity (Wildman–Crippen MR) is 100 cm³/mol. The minimum Gasteiger partial charge on any atom is -0.465 e. The summed E-state index contributed by atoms with van der Waals surface area (Å²) < 4.78 is 5.63. The average Bonchev–Trinajstić information content (AvgIpc) is 2.62. The fraction of sp³-hybridized carbons (Fsp3) is 0.579. The average molecular weight is 368 g/mol. The third-order valence-corrected chi connectivity index (χ3v) is 5.71. The standard InChI is InChI=1S/C19H27ClN2O3/c1-5-22(9-7-6-8-10-22)14(3)18(23)21-17-13(2)11-15(20)12-16(17)19(24)25-4/h11-12,14H,5-10H2,1-4H3/p+1. The summed E-state index contributed by atoms with van der Waals surface area (Å²) in [6.07, 6.45) is 3.54. The molecule has 0 saturated carbocycles. The first-order valence-electron chi connectivity index (χ1n) is 8.89. The van der Waals surface area contributed by atoms with E-state index in [4.69, 9.17) is 16.3 Å². The van der Waals surface area contributed by atoms with Crippen LogP contribution in [0.25, 0.3) is 0 Å². The molecular formula is C19H28ClN2O3+. The third-order valence-electron chi connectivity index (χ3n) is 5.49. The number of piperidine rings is 1. The highest BCUT2D eigenvalue weighted by molar-refractivity contribution is 6.31. The van der Waals surface area contributed by atoms with Crippen molar-refractivity contribution >= 4 is 29.2 Å². The van der Waals surface area contributed by atoms with E-state index < -0.39 is 5.97 Å². The third kappa shape index (κ3) is 4.15. The minimum absolute atomic E-state index is 0.0701. The molecule has 6 heteroatoms. The molecule has 1 heterocycles. The summed E-state index contributed by atoms with van der Waals surface area (Å²) in [5.41, 5.74) is 1.52. The largest absolute Gasteiger partial charge is 0.465 e. The summed E-state index contributed by atoms with van der Waals surface area (Å²) in [4.78, 5) is 25.0. The number of carbonyl (C=O) groups excluding carboxylic acids is 2. The zero-order valence-electron chi connectivity index (χ0n) is 15.5. The number of quaternary nitrogens is 1. The quantitative estimate of drug-likeness (QED) is 0.636. The van der Waals surface area contributed by atoms with Crippen LogP contribution in [0.2, 0.25) is 5.02 Å². The van der Waals surface area contributed by atoms with Crippen LogP contribution in [0.5, 0.6) is 0 Å². The van der Waals surface area contributed by atoms with Gasteiger partial charge < -0.3 is 14.5 Å². The van der Waals surface area contributed by atoms with Crippen LogP contribution in [0.3, 0.4) is 0 Å². The van der Waals surface area contributed by atoms with E-state index >= 15 is 0 Å². The second kappa shape index (κ2) is 8.19. The number of likely N-dealkylation sites (tertiary alicyclic amines) is 1. The van der Waals surface area contributed by atoms with E-state index in [1.165, 1.54) is 19.6 Å². The number of rotatable bonds is 5. The van der Waals surface area contributed by atoms with Crippen molar-refractivity contribution in [3.63, 3.8) is 0 Å². The Morgan fingerprint density at radius 3 is 2.48 bits per heavy atom. The number of esters is 1. The maximum absolute atomic E-state index is 13.0. The Morgan fingerprint density at radius 1 is 1.28 bits per heavy atom. The number of hydrogen-bond donors (Lipinski definition) is 1. The number of ether oxygens (including phenoxy) is 1. The van der Waals surface area contributed by atoms with Gasteiger partial charge in [0.15, 0.2) is 6.04 Å². The Balaban J connectivity index is 2.29. The number of anilines is 1. The van der Waals surface area contributed by atoms with Crippen molar-refractivity contribution in [3.8, 4) is 0 Å². The molecule has 0 aliphatic carbocycles. The number of amides is 1. The van der Waals surface area contributed by atoms with Gasteiger partial charge in [0.25, 0.3) is 5.91 Å². The number of carbonyl (C=O) groups is 2. The number of aryl methyl sites for hydroxylation is 1. The maximum Gasteiger partial charge on any atom is 0.340 e. The lowest BCUT2D eigenvalue weighted by molar-refractivity contribution is -0.943. The summed E-state index contributed by atoms with van der Waals surface area (Å²) in [5, 5.41) is 3.41. The van der Waals surface area contributed by atoms with Crippen molar-refractivity contribution in [1.82, 2.24) is 0 Å². The summed E-state index contributed by atoms with van der Waals surface area (Å²) in [6, 6.07) is 3.09. The first-order valence-corrected chi connectivity index (χ1v) is 9.27. The molecule has 0 bridgehead atoms. The monoisotopic (exact) mass is 367 g/mol. The van der Waals surface area contributed by atoms with Gasteiger partial charge in [0.05, 0.1) is 38.0 Å². The molecule has 1 aromatic carbocycles. The van der Waals surface area contributed by atoms with Gasteiger partial charge in [0.1, 0.15) is 0 Å². The summed E-state index contributed by atoms with van der Waals surface area (Å²) >= 11 is 6.07. The molecule has 0 radical (unpaired) electrons. The highest BCUT2D eigenvalue weighted by Gasteiger charge is 2.38. The number of halogens is 1. The topological polar surface area (TPSA) is 55.4 Å². The molecule has 1 amide bonds. The second-order valence-corrected chi connectivity index (χ2v) is 7.28. The smallest absolute Gasteiger partial charge is 0.340 e. The van der Waals surface area contributed by atoms with Crippen molar-refractivity contribution in [2.24, 2.45) is 0 Å². The SMILES string of the molecule is CC[N+]1(C(C)C(=O)Nc2c(C)cc(Cl)cc2C(=O)OC)CCCCC1. The number of nitrogens with one attached hydrogen (secondary N) is 1. The van der Waals surface area contributed by atoms with E-state index in [-0.39, 0.29) is 17.5 Å². The number of likely N-dealkylation sites (N-methyl/N-ethyl adjacent to an activating group) is 1. The molecule has 1 unspecified atom stereocenters. The van der Waals surface area contributed by atoms with Crippen LogP contribution in [0.1, 0.15) is 49.0 Å². The minimum atomic E-state index is -0.508. The molecule has 1 atom stereocenters. The molecule has 2 rings (SSSR count). The van der Waals surface area contributed by atoms with Crippen LogP contribution in [-0.2, 0) is 9.53 Å². The Hall–Kier alpha value is -1.59. The molecular weight excluding hydrogens is 340 g/mol. The first kappa shape index (κ1) is 19.7. The van der Waals surface area contributed by atoms with Gasteiger partial charge in [0, 0.05) is 5.02 Å². The Morgan fingerprint density at radius 2 is 1.92 bits per heavy atom. The van der Waals surface area contributed by atoms with Crippen molar-refractivity contribution in [2.75, 3.05) is 32.1 Å². The van der Waals surface area contributed by atoms with Gasteiger partial charge in [-0.3, -0.25) is 4.79 Å². The van der Waals surface area contributed by atoms with Gasteiger partial charge in [-0.2, -0.15) is 0 Å². The highest BCUT2D eigenvalue weighted by atomic mass is 35.5. The van der Waals surface area contributed by atoms with Gasteiger partial charge >= 0.3 is 5.97 Å². The number of benzene rings is 1. The van der Waals surface area contributed by atoms with Crippen LogP contribution in [0, 0.1) is 6.92 Å². The van der Waals surface area contributed by atoms with Crippen molar-refractivity contribution in [1.29, 1.82) is 0 Å². The highest BCUT2D eigenvalue weighted by Crippen LogP contribution is 2.28. The summed E-state index contributed by atoms with van der Waals surface area (Å²) in [7, 11) is 1.32. The van der Waals surface area contributed by atoms with Crippen molar-refractivity contribution in [2.45, 2.75) is 46.1 Å². The molecule has 1 saturated heterocycles. The van der Waals surface area contributed by atoms with Crippen LogP contribution >= 0.6 is 11.6 Å². The van der Waals surface area contributed by atoms with Crippen LogP contribution < -0.4 is 5.32 Å². The van der Waals surface area contributed by atoms with Gasteiger partial charge in [-0.15, -0.1) is 0 Å². The van der Waals surface area contributed by atoms with Gasteiger partial charge in [-0.05, 0) is 57.7 Å². The lowest BCUT2D eigenvalue weighted by Gasteiger charge is -2.44. The number of hydrogen-bond acceptors (Lipinski definition) is 3. The van der Waals surface area contributed by atoms with Crippen LogP contribution in [0.4, 0.5) is 5.69 Å². The Kier molecular flexibility index (Phi) is 6.47. The predicted octanol–water partition coefficient (Wildman–Crippen LogP) is 3.78. The molecule has 1 N–H and O–H groups in total. The number of nitrogens with zero attached hydrogens (tertiary/aromatic N) is 1. The lowest BCUT2D eigenvalue weighted by Crippen LogP contribution is -2.60. The number of methoxy groups -OCH3 is 1. The van der Waals surface area contributed by atoms with Crippen LogP contribution in [0.15, 0.2) is 12.1 Å². The van der Waals surface area contributed by atoms with E-state index in [9.17, 15) is 9.59 Å². The zero-order valence-corrected chi connectivity index (χ0v) is 16.3. The molecule has 0 spiro atoms. The molecule has 5 nitrogen and oxygen atoms in total. The van der Waals surface area contributed by atoms with Gasteiger partial charge in [-0.1, -0.05) is 11.6 Å². The molecule has 25 heavy (non-hydrogen) atoms. The molecule has 0 aromatic heterocycles. The molecule has 138 valence electrons. The van der Waals surface area contributed by atoms with E-state index in [0.717, 1.165) is 42.5 Å². The Labute approximate surface area is 154 Å². The van der Waals surface area contributed by atoms with E-state index in [0.29, 0.717) is 10.7 Å². The second-order valence-electron chi connectivity index (χ2n) is 6.84. The summed E-state index contributed by atoms with van der Waals surface area (Å²) in [6.45, 7) is 8.92. The molecule has 1 aliphatic rings. The normalized spacial score (nSPS) is 17.6. The van der Waals surface area contributed by atoms with E-state index in [1.807, 2.05) is 13.8 Å². The Bertz CT molecular complexity index is 654. The fourth-order valence-corrected chi connectivity index (χ4v) is 4.05.